The number of likely N-dealkylation sites (tertiary alicyclic amines) is 1. The van der Waals surface area contributed by atoms with Gasteiger partial charge in [-0.1, -0.05) is 6.07 Å². The van der Waals surface area contributed by atoms with Crippen molar-refractivity contribution in [2.24, 2.45) is 11.8 Å². The van der Waals surface area contributed by atoms with E-state index in [4.69, 9.17) is 19.5 Å². The molecular weight excluding hydrogens is 425 g/mol. The first-order valence-corrected chi connectivity index (χ1v) is 10.7. The molecule has 168 valence electrons. The monoisotopic (exact) mass is 450 g/mol. The number of aliphatic carboxylic acids is 1. The normalized spacial score (nSPS) is 27.2. The van der Waals surface area contributed by atoms with Crippen molar-refractivity contribution in [3.8, 4) is 0 Å². The average Bonchev–Trinajstić information content (AvgIpc) is 3.41. The Hall–Kier alpha value is -1.69. The fraction of sp³-hybridized carbons (Fsp3) is 0.684. The minimum absolute atomic E-state index is 0.0537. The summed E-state index contributed by atoms with van der Waals surface area (Å²) in [6.07, 6.45) is -2.04. The highest BCUT2D eigenvalue weighted by atomic mass is 32.1. The second-order valence-electron chi connectivity index (χ2n) is 7.50. The molecule has 0 saturated carbocycles. The lowest BCUT2D eigenvalue weighted by atomic mass is 9.79. The van der Waals surface area contributed by atoms with Gasteiger partial charge in [0.05, 0.1) is 19.3 Å². The molecule has 3 aliphatic rings. The first-order chi connectivity index (χ1) is 14.3. The van der Waals surface area contributed by atoms with Crippen molar-refractivity contribution < 1.29 is 37.4 Å². The van der Waals surface area contributed by atoms with Crippen LogP contribution >= 0.6 is 11.3 Å². The molecule has 3 saturated heterocycles. The van der Waals surface area contributed by atoms with Gasteiger partial charge in [0.15, 0.2) is 0 Å². The number of piperidine rings is 1. The zero-order chi connectivity index (χ0) is 21.7. The SMILES string of the molecule is O=C(O)C(F)(F)F.O=C([C@@H]1CCO[C@@H]2CCN(Cc3cccs3)C[C@H]21)N1CCCO1. The van der Waals surface area contributed by atoms with Gasteiger partial charge in [-0.05, 0) is 30.7 Å². The second kappa shape index (κ2) is 10.1. The van der Waals surface area contributed by atoms with Crippen molar-refractivity contribution in [1.82, 2.24) is 9.96 Å². The summed E-state index contributed by atoms with van der Waals surface area (Å²) in [5.74, 6) is -2.22. The van der Waals surface area contributed by atoms with E-state index >= 15 is 0 Å². The number of nitrogens with zero attached hydrogens (tertiary/aromatic N) is 2. The minimum Gasteiger partial charge on any atom is -0.475 e. The van der Waals surface area contributed by atoms with Crippen LogP contribution in [0.25, 0.3) is 0 Å². The molecule has 30 heavy (non-hydrogen) atoms. The highest BCUT2D eigenvalue weighted by molar-refractivity contribution is 7.09. The molecule has 0 unspecified atom stereocenters. The number of alkyl halides is 3. The molecule has 0 radical (unpaired) electrons. The third-order valence-corrected chi connectivity index (χ3v) is 6.33. The third kappa shape index (κ3) is 5.93. The third-order valence-electron chi connectivity index (χ3n) is 5.47. The summed E-state index contributed by atoms with van der Waals surface area (Å²) < 4.78 is 37.7. The van der Waals surface area contributed by atoms with Gasteiger partial charge in [-0.3, -0.25) is 14.5 Å². The maximum absolute atomic E-state index is 12.8. The van der Waals surface area contributed by atoms with Crippen LogP contribution in [-0.2, 0) is 25.7 Å². The fourth-order valence-electron chi connectivity index (χ4n) is 4.06. The summed E-state index contributed by atoms with van der Waals surface area (Å²) in [6.45, 7) is 5.12. The lowest BCUT2D eigenvalue weighted by molar-refractivity contribution is -0.192. The van der Waals surface area contributed by atoms with E-state index in [1.807, 2.05) is 0 Å². The molecule has 3 atom stereocenters. The predicted octanol–water partition coefficient (Wildman–Crippen LogP) is 2.77. The van der Waals surface area contributed by atoms with Gasteiger partial charge in [-0.2, -0.15) is 13.2 Å². The molecule has 1 aromatic heterocycles. The van der Waals surface area contributed by atoms with E-state index in [1.54, 1.807) is 16.4 Å². The zero-order valence-electron chi connectivity index (χ0n) is 16.3. The van der Waals surface area contributed by atoms with Crippen LogP contribution in [0.5, 0.6) is 0 Å². The topological polar surface area (TPSA) is 79.3 Å². The van der Waals surface area contributed by atoms with E-state index in [0.717, 1.165) is 45.4 Å². The van der Waals surface area contributed by atoms with Crippen LogP contribution in [0, 0.1) is 11.8 Å². The number of rotatable bonds is 3. The van der Waals surface area contributed by atoms with E-state index in [9.17, 15) is 18.0 Å². The first-order valence-electron chi connectivity index (χ1n) is 9.86. The highest BCUT2D eigenvalue weighted by Gasteiger charge is 2.43. The Bertz CT molecular complexity index is 710. The van der Waals surface area contributed by atoms with Crippen LogP contribution in [0.15, 0.2) is 17.5 Å². The van der Waals surface area contributed by atoms with Gasteiger partial charge in [0.25, 0.3) is 0 Å². The number of fused-ring (bicyclic) bond motifs is 1. The summed E-state index contributed by atoms with van der Waals surface area (Å²) in [7, 11) is 0. The maximum atomic E-state index is 12.8. The van der Waals surface area contributed by atoms with Crippen LogP contribution in [-0.4, -0.2) is 72.1 Å². The zero-order valence-corrected chi connectivity index (χ0v) is 17.2. The number of carbonyl (C=O) groups is 2. The standard InChI is InChI=1S/C17H24N2O3S.C2HF3O2/c20-17(19-6-2-8-22-19)14-5-9-21-16-4-7-18(12-15(14)16)11-13-3-1-10-23-13;3-2(4,5)1(6)7/h1,3,10,14-16H,2,4-9,11-12H2;(H,6,7)/t14-,15+,16-;/m1./s1. The second-order valence-corrected chi connectivity index (χ2v) is 8.53. The minimum atomic E-state index is -5.08. The number of carboxylic acid groups (broad SMARTS) is 1. The van der Waals surface area contributed by atoms with Crippen LogP contribution in [0.2, 0.25) is 0 Å². The summed E-state index contributed by atoms with van der Waals surface area (Å²) in [6, 6.07) is 4.29. The molecule has 7 nitrogen and oxygen atoms in total. The van der Waals surface area contributed by atoms with Gasteiger partial charge >= 0.3 is 12.1 Å². The summed E-state index contributed by atoms with van der Waals surface area (Å²) in [5.41, 5.74) is 0. The molecule has 3 aliphatic heterocycles. The molecule has 4 heterocycles. The van der Waals surface area contributed by atoms with Crippen molar-refractivity contribution in [1.29, 1.82) is 0 Å². The number of carbonyl (C=O) groups excluding carboxylic acids is 1. The Morgan fingerprint density at radius 1 is 1.23 bits per heavy atom. The summed E-state index contributed by atoms with van der Waals surface area (Å²) in [5, 5.41) is 10.9. The molecule has 0 spiro atoms. The molecule has 4 rings (SSSR count). The van der Waals surface area contributed by atoms with Gasteiger partial charge in [0, 0.05) is 43.0 Å². The van der Waals surface area contributed by atoms with E-state index in [0.29, 0.717) is 19.1 Å². The Kier molecular flexibility index (Phi) is 7.72. The van der Waals surface area contributed by atoms with Crippen LogP contribution in [0.4, 0.5) is 13.2 Å². The molecule has 3 fully saturated rings. The molecule has 0 bridgehead atoms. The Balaban J connectivity index is 0.000000318. The van der Waals surface area contributed by atoms with Gasteiger partial charge in [-0.25, -0.2) is 9.86 Å². The lowest BCUT2D eigenvalue weighted by Gasteiger charge is -2.45. The Morgan fingerprint density at radius 2 is 2.00 bits per heavy atom. The average molecular weight is 450 g/mol. The molecule has 0 aliphatic carbocycles. The van der Waals surface area contributed by atoms with Crippen molar-refractivity contribution in [3.63, 3.8) is 0 Å². The predicted molar refractivity (Wildman–Crippen MR) is 102 cm³/mol. The van der Waals surface area contributed by atoms with Crippen molar-refractivity contribution in [2.45, 2.75) is 38.1 Å². The Morgan fingerprint density at radius 3 is 2.60 bits per heavy atom. The molecular formula is C19H25F3N2O5S. The molecule has 1 N–H and O–H groups in total. The number of carboxylic acids is 1. The van der Waals surface area contributed by atoms with Crippen molar-refractivity contribution >= 4 is 23.2 Å². The molecule has 1 amide bonds. The molecule has 11 heteroatoms. The number of thiophene rings is 1. The fourth-order valence-corrected chi connectivity index (χ4v) is 4.81. The largest absolute Gasteiger partial charge is 0.490 e. The lowest BCUT2D eigenvalue weighted by Crippen LogP contribution is -2.53. The van der Waals surface area contributed by atoms with Gasteiger partial charge in [0.2, 0.25) is 5.91 Å². The number of hydrogen-bond acceptors (Lipinski definition) is 6. The van der Waals surface area contributed by atoms with Crippen LogP contribution < -0.4 is 0 Å². The number of ether oxygens (including phenoxy) is 1. The summed E-state index contributed by atoms with van der Waals surface area (Å²) >= 11 is 1.81. The van der Waals surface area contributed by atoms with E-state index in [-0.39, 0.29) is 17.9 Å². The quantitative estimate of drug-likeness (QED) is 0.763. The van der Waals surface area contributed by atoms with Crippen LogP contribution in [0.1, 0.15) is 24.1 Å². The van der Waals surface area contributed by atoms with Gasteiger partial charge < -0.3 is 9.84 Å². The highest BCUT2D eigenvalue weighted by Crippen LogP contribution is 2.35. The first kappa shape index (κ1) is 23.0. The number of hydrogen-bond donors (Lipinski definition) is 1. The molecule has 0 aromatic carbocycles. The van der Waals surface area contributed by atoms with Crippen molar-refractivity contribution in [2.75, 3.05) is 32.8 Å². The van der Waals surface area contributed by atoms with E-state index < -0.39 is 12.1 Å². The van der Waals surface area contributed by atoms with E-state index in [2.05, 4.69) is 22.4 Å². The number of hydroxylamine groups is 2. The van der Waals surface area contributed by atoms with Crippen molar-refractivity contribution in [3.05, 3.63) is 22.4 Å². The summed E-state index contributed by atoms with van der Waals surface area (Å²) in [4.78, 5) is 31.1. The number of halogens is 3. The molecule has 1 aromatic rings. The van der Waals surface area contributed by atoms with Gasteiger partial charge in [0.1, 0.15) is 0 Å². The maximum Gasteiger partial charge on any atom is 0.490 e. The number of amides is 1. The van der Waals surface area contributed by atoms with E-state index in [1.165, 1.54) is 4.88 Å². The van der Waals surface area contributed by atoms with Gasteiger partial charge in [-0.15, -0.1) is 11.3 Å². The smallest absolute Gasteiger partial charge is 0.475 e. The van der Waals surface area contributed by atoms with Crippen LogP contribution in [0.3, 0.4) is 0 Å². The Labute approximate surface area is 176 Å².